The second-order valence-electron chi connectivity index (χ2n) is 10.8. The standard InChI is InChI=1S/C34H38N4O5/c1-42-29-15-13-27(23-30(29)43-2)17-20-35-31(39)24-37-25-38(28-11-7-4-8-12-28)34(33(37)41)18-21-36(22-19-34)32(40)16-14-26-9-5-3-6-10-26/h3-16,23H,17-22,24-25H2,1-2H3,(H,35,39). The summed E-state index contributed by atoms with van der Waals surface area (Å²) < 4.78 is 10.7. The van der Waals surface area contributed by atoms with Gasteiger partial charge in [0.25, 0.3) is 5.91 Å². The minimum Gasteiger partial charge on any atom is -0.493 e. The number of hydrogen-bond donors (Lipinski definition) is 1. The summed E-state index contributed by atoms with van der Waals surface area (Å²) in [5.41, 5.74) is 2.09. The first-order valence-corrected chi connectivity index (χ1v) is 14.6. The lowest BCUT2D eigenvalue weighted by atomic mass is 9.85. The van der Waals surface area contributed by atoms with Crippen LogP contribution in [0.4, 0.5) is 5.69 Å². The van der Waals surface area contributed by atoms with Crippen molar-refractivity contribution in [1.82, 2.24) is 15.1 Å². The van der Waals surface area contributed by atoms with E-state index in [1.807, 2.05) is 84.9 Å². The molecule has 43 heavy (non-hydrogen) atoms. The molecular formula is C34H38N4O5. The maximum atomic E-state index is 14.0. The Morgan fingerprint density at radius 2 is 1.58 bits per heavy atom. The van der Waals surface area contributed by atoms with Crippen LogP contribution in [-0.2, 0) is 20.8 Å². The lowest BCUT2D eigenvalue weighted by molar-refractivity contribution is -0.138. The monoisotopic (exact) mass is 582 g/mol. The molecule has 224 valence electrons. The van der Waals surface area contributed by atoms with Crippen molar-refractivity contribution in [2.45, 2.75) is 24.8 Å². The fourth-order valence-electron chi connectivity index (χ4n) is 5.87. The first kappa shape index (κ1) is 29.7. The number of anilines is 1. The van der Waals surface area contributed by atoms with Crippen molar-refractivity contribution in [3.05, 3.63) is 96.1 Å². The average molecular weight is 583 g/mol. The largest absolute Gasteiger partial charge is 0.493 e. The van der Waals surface area contributed by atoms with Crippen LogP contribution in [0.2, 0.25) is 0 Å². The van der Waals surface area contributed by atoms with Crippen molar-refractivity contribution in [3.8, 4) is 11.5 Å². The molecule has 5 rings (SSSR count). The summed E-state index contributed by atoms with van der Waals surface area (Å²) in [7, 11) is 3.18. The minimum absolute atomic E-state index is 0.0295. The smallest absolute Gasteiger partial charge is 0.250 e. The number of nitrogens with zero attached hydrogens (tertiary/aromatic N) is 3. The second-order valence-corrected chi connectivity index (χ2v) is 10.8. The zero-order valence-electron chi connectivity index (χ0n) is 24.7. The first-order chi connectivity index (χ1) is 20.9. The Morgan fingerprint density at radius 3 is 2.26 bits per heavy atom. The van der Waals surface area contributed by atoms with Gasteiger partial charge in [0.05, 0.1) is 20.9 Å². The van der Waals surface area contributed by atoms with Gasteiger partial charge in [0.15, 0.2) is 11.5 Å². The zero-order chi connectivity index (χ0) is 30.2. The molecule has 0 unspecified atom stereocenters. The van der Waals surface area contributed by atoms with E-state index in [2.05, 4.69) is 10.2 Å². The van der Waals surface area contributed by atoms with Gasteiger partial charge in [-0.3, -0.25) is 14.4 Å². The Morgan fingerprint density at radius 1 is 0.907 bits per heavy atom. The van der Waals surface area contributed by atoms with Crippen LogP contribution in [0.1, 0.15) is 24.0 Å². The second kappa shape index (κ2) is 13.5. The molecule has 3 amide bonds. The van der Waals surface area contributed by atoms with E-state index < -0.39 is 5.54 Å². The molecule has 1 spiro atoms. The van der Waals surface area contributed by atoms with Crippen LogP contribution < -0.4 is 19.7 Å². The van der Waals surface area contributed by atoms with Crippen LogP contribution in [0.25, 0.3) is 6.08 Å². The van der Waals surface area contributed by atoms with Crippen LogP contribution in [-0.4, -0.2) is 80.1 Å². The molecule has 9 nitrogen and oxygen atoms in total. The Labute approximate surface area is 252 Å². The van der Waals surface area contributed by atoms with Gasteiger partial charge in [0.1, 0.15) is 12.1 Å². The number of methoxy groups -OCH3 is 2. The third-order valence-electron chi connectivity index (χ3n) is 8.22. The highest BCUT2D eigenvalue weighted by atomic mass is 16.5. The fourth-order valence-corrected chi connectivity index (χ4v) is 5.87. The van der Waals surface area contributed by atoms with Gasteiger partial charge >= 0.3 is 0 Å². The van der Waals surface area contributed by atoms with Gasteiger partial charge in [-0.2, -0.15) is 0 Å². The van der Waals surface area contributed by atoms with E-state index >= 15 is 0 Å². The molecule has 3 aromatic carbocycles. The molecule has 1 N–H and O–H groups in total. The molecule has 2 aliphatic rings. The summed E-state index contributed by atoms with van der Waals surface area (Å²) in [5, 5.41) is 2.96. The predicted molar refractivity (Wildman–Crippen MR) is 166 cm³/mol. The maximum absolute atomic E-state index is 14.0. The highest BCUT2D eigenvalue weighted by Crippen LogP contribution is 2.39. The van der Waals surface area contributed by atoms with Gasteiger partial charge in [-0.15, -0.1) is 0 Å². The van der Waals surface area contributed by atoms with Crippen molar-refractivity contribution in [2.75, 3.05) is 52.0 Å². The van der Waals surface area contributed by atoms with E-state index in [0.717, 1.165) is 16.8 Å². The Kier molecular flexibility index (Phi) is 9.29. The minimum atomic E-state index is -0.804. The topological polar surface area (TPSA) is 91.4 Å². The van der Waals surface area contributed by atoms with Crippen molar-refractivity contribution in [2.24, 2.45) is 0 Å². The Bertz CT molecular complexity index is 1450. The molecule has 0 aromatic heterocycles. The summed E-state index contributed by atoms with van der Waals surface area (Å²) in [6.07, 6.45) is 5.00. The number of nitrogens with one attached hydrogen (secondary N) is 1. The zero-order valence-corrected chi connectivity index (χ0v) is 24.7. The van der Waals surface area contributed by atoms with Crippen molar-refractivity contribution in [1.29, 1.82) is 0 Å². The quantitative estimate of drug-likeness (QED) is 0.367. The number of carbonyl (C=O) groups is 3. The van der Waals surface area contributed by atoms with Crippen molar-refractivity contribution < 1.29 is 23.9 Å². The number of likely N-dealkylation sites (tertiary alicyclic amines) is 1. The van der Waals surface area contributed by atoms with E-state index in [0.29, 0.717) is 57.1 Å². The summed E-state index contributed by atoms with van der Waals surface area (Å²) in [5.74, 6) is 0.941. The molecule has 0 aliphatic carbocycles. The third kappa shape index (κ3) is 6.66. The molecule has 0 saturated carbocycles. The molecule has 0 atom stereocenters. The SMILES string of the molecule is COc1ccc(CCNC(=O)CN2CN(c3ccccc3)C3(CCN(C(=O)C=Cc4ccccc4)CC3)C2=O)cc1OC. The normalized spacial score (nSPS) is 16.1. The van der Waals surface area contributed by atoms with Crippen molar-refractivity contribution >= 4 is 29.5 Å². The number of benzene rings is 3. The number of amides is 3. The number of piperidine rings is 1. The van der Waals surface area contributed by atoms with E-state index in [1.54, 1.807) is 30.1 Å². The number of para-hydroxylation sites is 1. The van der Waals surface area contributed by atoms with Gasteiger partial charge in [-0.25, -0.2) is 0 Å². The number of hydrogen-bond acceptors (Lipinski definition) is 6. The van der Waals surface area contributed by atoms with Crippen LogP contribution in [0.3, 0.4) is 0 Å². The van der Waals surface area contributed by atoms with E-state index in [-0.39, 0.29) is 24.3 Å². The van der Waals surface area contributed by atoms with Gasteiger partial charge < -0.3 is 29.5 Å². The summed E-state index contributed by atoms with van der Waals surface area (Å²) in [6, 6.07) is 25.2. The Hall–Kier alpha value is -4.79. The fraction of sp³-hybridized carbons (Fsp3) is 0.324. The molecule has 9 heteroatoms. The van der Waals surface area contributed by atoms with Crippen LogP contribution >= 0.6 is 0 Å². The van der Waals surface area contributed by atoms with Crippen LogP contribution in [0.15, 0.2) is 84.9 Å². The number of rotatable bonds is 10. The summed E-state index contributed by atoms with van der Waals surface area (Å²) >= 11 is 0. The molecule has 0 bridgehead atoms. The summed E-state index contributed by atoms with van der Waals surface area (Å²) in [4.78, 5) is 45.4. The lowest BCUT2D eigenvalue weighted by Gasteiger charge is -2.43. The average Bonchev–Trinajstić information content (AvgIpc) is 3.30. The van der Waals surface area contributed by atoms with Gasteiger partial charge in [0.2, 0.25) is 11.8 Å². The molecule has 3 aromatic rings. The molecule has 2 saturated heterocycles. The highest BCUT2D eigenvalue weighted by Gasteiger charge is 2.54. The number of ether oxygens (including phenoxy) is 2. The van der Waals surface area contributed by atoms with Gasteiger partial charge in [-0.1, -0.05) is 54.6 Å². The molecule has 2 aliphatic heterocycles. The summed E-state index contributed by atoms with van der Waals surface area (Å²) in [6.45, 7) is 1.63. The number of carbonyl (C=O) groups excluding carboxylic acids is 3. The highest BCUT2D eigenvalue weighted by molar-refractivity contribution is 5.97. The Balaban J connectivity index is 1.22. The van der Waals surface area contributed by atoms with Crippen LogP contribution in [0, 0.1) is 0 Å². The molecule has 2 fully saturated rings. The van der Waals surface area contributed by atoms with E-state index in [9.17, 15) is 14.4 Å². The van der Waals surface area contributed by atoms with E-state index in [4.69, 9.17) is 9.47 Å². The van der Waals surface area contributed by atoms with Gasteiger partial charge in [-0.05, 0) is 60.7 Å². The van der Waals surface area contributed by atoms with Gasteiger partial charge in [0, 0.05) is 31.4 Å². The predicted octanol–water partition coefficient (Wildman–Crippen LogP) is 3.74. The van der Waals surface area contributed by atoms with Crippen molar-refractivity contribution in [3.63, 3.8) is 0 Å². The third-order valence-corrected chi connectivity index (χ3v) is 8.22. The molecular weight excluding hydrogens is 544 g/mol. The molecule has 0 radical (unpaired) electrons. The van der Waals surface area contributed by atoms with E-state index in [1.165, 1.54) is 0 Å². The maximum Gasteiger partial charge on any atom is 0.250 e. The lowest BCUT2D eigenvalue weighted by Crippen LogP contribution is -2.57. The first-order valence-electron chi connectivity index (χ1n) is 14.6. The molecule has 2 heterocycles. The van der Waals surface area contributed by atoms with Crippen LogP contribution in [0.5, 0.6) is 11.5 Å².